The van der Waals surface area contributed by atoms with Gasteiger partial charge in [-0.15, -0.1) is 10.2 Å². The summed E-state index contributed by atoms with van der Waals surface area (Å²) >= 11 is 0. The second-order valence-corrected chi connectivity index (χ2v) is 19.6. The van der Waals surface area contributed by atoms with Crippen LogP contribution in [-0.2, 0) is 68.0 Å². The van der Waals surface area contributed by atoms with Gasteiger partial charge in [0.15, 0.2) is 5.82 Å². The number of alkyl halides is 3. The van der Waals surface area contributed by atoms with Crippen LogP contribution in [0.15, 0.2) is 194 Å². The van der Waals surface area contributed by atoms with Crippen molar-refractivity contribution in [3.8, 4) is 45.0 Å². The minimum Gasteiger partial charge on any atom is -0.468 e. The van der Waals surface area contributed by atoms with Crippen molar-refractivity contribution in [2.45, 2.75) is 32.4 Å². The van der Waals surface area contributed by atoms with E-state index < -0.39 is 35.3 Å². The van der Waals surface area contributed by atoms with E-state index in [1.807, 2.05) is 59.3 Å². The number of rotatable bonds is 12. The van der Waals surface area contributed by atoms with Gasteiger partial charge in [-0.3, -0.25) is 33.1 Å². The summed E-state index contributed by atoms with van der Waals surface area (Å²) in [4.78, 5) is 35.9. The molecule has 0 saturated carbocycles. The number of carbonyl (C=O) groups excluding carboxylic acids is 3. The quantitative estimate of drug-likeness (QED) is 0.0637. The number of hydrogen-bond donors (Lipinski definition) is 0. The van der Waals surface area contributed by atoms with Gasteiger partial charge in [0.25, 0.3) is 0 Å². The molecule has 13 rings (SSSR count). The highest BCUT2D eigenvalue weighted by Gasteiger charge is 2.31. The molecule has 0 atom stereocenters. The highest BCUT2D eigenvalue weighted by Crippen LogP contribution is 2.36. The van der Waals surface area contributed by atoms with Gasteiger partial charge in [0.1, 0.15) is 66.4 Å². The number of halogens is 6. The fraction of sp³-hybridized carbons (Fsp3) is 0.138. The van der Waals surface area contributed by atoms with E-state index in [4.69, 9.17) is 5.10 Å². The van der Waals surface area contributed by atoms with Crippen molar-refractivity contribution >= 4 is 61.5 Å². The Kier molecular flexibility index (Phi) is 18.4. The number of aryl methyl sites for hydroxylation is 1. The van der Waals surface area contributed by atoms with E-state index in [-0.39, 0.29) is 37.0 Å². The highest BCUT2D eigenvalue weighted by atomic mass is 19.4. The van der Waals surface area contributed by atoms with Crippen LogP contribution in [0.5, 0.6) is 0 Å². The van der Waals surface area contributed by atoms with Crippen LogP contribution < -0.4 is 0 Å². The lowest BCUT2D eigenvalue weighted by molar-refractivity contribution is -0.142. The van der Waals surface area contributed by atoms with E-state index in [0.29, 0.717) is 62.4 Å². The number of fused-ring (bicyclic) bond motifs is 4. The van der Waals surface area contributed by atoms with Crippen molar-refractivity contribution < 1.29 is 54.9 Å². The van der Waals surface area contributed by atoms with Crippen LogP contribution in [-0.4, -0.2) is 98.6 Å². The maximum Gasteiger partial charge on any atom is 0.416 e. The molecule has 0 N–H and O–H groups in total. The van der Waals surface area contributed by atoms with Crippen molar-refractivity contribution in [2.75, 3.05) is 21.3 Å². The Morgan fingerprint density at radius 1 is 0.427 bits per heavy atom. The van der Waals surface area contributed by atoms with Crippen LogP contribution in [0.3, 0.4) is 0 Å². The summed E-state index contributed by atoms with van der Waals surface area (Å²) in [6, 6.07) is 54.6. The molecule has 450 valence electrons. The topological polar surface area (TPSA) is 194 Å². The second kappa shape index (κ2) is 27.0. The third kappa shape index (κ3) is 14.0. The molecule has 0 amide bonds. The highest BCUT2D eigenvalue weighted by molar-refractivity contribution is 5.97. The third-order valence-electron chi connectivity index (χ3n) is 13.8. The molecule has 0 spiro atoms. The lowest BCUT2D eigenvalue weighted by atomic mass is 10.0. The van der Waals surface area contributed by atoms with Crippen molar-refractivity contribution in [3.63, 3.8) is 0 Å². The average Bonchev–Trinajstić information content (AvgIpc) is 1.74. The van der Waals surface area contributed by atoms with Crippen LogP contribution in [0.1, 0.15) is 11.4 Å². The number of nitrogens with zero attached hydrogens (tertiary/aromatic N) is 12. The molecule has 89 heavy (non-hydrogen) atoms. The molecule has 8 aromatic carbocycles. The predicted octanol–water partition coefficient (Wildman–Crippen LogP) is 12.3. The lowest BCUT2D eigenvalue weighted by Gasteiger charge is -2.07. The summed E-state index contributed by atoms with van der Waals surface area (Å²) in [7, 11) is 5.64. The summed E-state index contributed by atoms with van der Waals surface area (Å²) in [5.41, 5.74) is 7.11. The molecular formula is C65H52F6N12O6. The summed E-state index contributed by atoms with van der Waals surface area (Å²) in [6.45, 7) is 0.323. The predicted molar refractivity (Wildman–Crippen MR) is 320 cm³/mol. The minimum atomic E-state index is -4.43. The fourth-order valence-corrected chi connectivity index (χ4v) is 9.67. The van der Waals surface area contributed by atoms with E-state index >= 15 is 0 Å². The monoisotopic (exact) mass is 1210 g/mol. The molecule has 0 fully saturated rings. The molecule has 0 aliphatic heterocycles. The van der Waals surface area contributed by atoms with Gasteiger partial charge in [-0.05, 0) is 65.9 Å². The van der Waals surface area contributed by atoms with E-state index in [9.17, 15) is 40.7 Å². The Balaban J connectivity index is 0.000000131. The number of hydrogen-bond acceptors (Lipinski definition) is 13. The molecule has 0 radical (unpaired) electrons. The average molecular weight is 1210 g/mol. The van der Waals surface area contributed by atoms with Crippen LogP contribution in [0.2, 0.25) is 0 Å². The number of benzene rings is 8. The van der Waals surface area contributed by atoms with Gasteiger partial charge < -0.3 is 14.2 Å². The zero-order valence-corrected chi connectivity index (χ0v) is 47.9. The fourth-order valence-electron chi connectivity index (χ4n) is 9.67. The van der Waals surface area contributed by atoms with E-state index in [1.165, 1.54) is 65.8 Å². The van der Waals surface area contributed by atoms with Crippen LogP contribution >= 0.6 is 0 Å². The van der Waals surface area contributed by atoms with Crippen molar-refractivity contribution in [1.29, 1.82) is 0 Å². The number of para-hydroxylation sites is 4. The molecule has 24 heteroatoms. The smallest absolute Gasteiger partial charge is 0.416 e. The van der Waals surface area contributed by atoms with Gasteiger partial charge in [0.05, 0.1) is 56.0 Å². The van der Waals surface area contributed by atoms with E-state index in [0.717, 1.165) is 51.3 Å². The number of tetrazole rings is 1. The van der Waals surface area contributed by atoms with E-state index in [2.05, 4.69) is 69.2 Å². The van der Waals surface area contributed by atoms with Gasteiger partial charge in [-0.1, -0.05) is 127 Å². The zero-order chi connectivity index (χ0) is 62.8. The molecular weight excluding hydrogens is 1160 g/mol. The summed E-state index contributed by atoms with van der Waals surface area (Å²) in [6.07, 6.45) is -4.43. The normalized spacial score (nSPS) is 11.1. The van der Waals surface area contributed by atoms with Gasteiger partial charge in [-0.25, -0.2) is 13.2 Å². The Labute approximate surface area is 502 Å². The van der Waals surface area contributed by atoms with Crippen LogP contribution in [0.4, 0.5) is 26.3 Å². The zero-order valence-electron chi connectivity index (χ0n) is 47.9. The molecule has 13 aromatic rings. The minimum absolute atomic E-state index is 0.0202. The Morgan fingerprint density at radius 2 is 0.831 bits per heavy atom. The van der Waals surface area contributed by atoms with Gasteiger partial charge in [0, 0.05) is 49.9 Å². The van der Waals surface area contributed by atoms with E-state index in [1.54, 1.807) is 78.5 Å². The van der Waals surface area contributed by atoms with Crippen LogP contribution in [0, 0.1) is 17.5 Å². The molecule has 0 aliphatic rings. The summed E-state index contributed by atoms with van der Waals surface area (Å²) in [5, 5.41) is 33.3. The number of carbonyl (C=O) groups is 3. The maximum absolute atomic E-state index is 14.0. The Hall–Kier alpha value is -11.3. The first-order chi connectivity index (χ1) is 43.0. The largest absolute Gasteiger partial charge is 0.468 e. The molecule has 0 unspecified atom stereocenters. The van der Waals surface area contributed by atoms with Gasteiger partial charge >= 0.3 is 24.1 Å². The van der Waals surface area contributed by atoms with Crippen LogP contribution in [0.25, 0.3) is 88.6 Å². The second-order valence-electron chi connectivity index (χ2n) is 19.6. The summed E-state index contributed by atoms with van der Waals surface area (Å²) < 4.78 is 99.6. The number of aromatic nitrogens is 12. The lowest BCUT2D eigenvalue weighted by Crippen LogP contribution is -2.12. The number of ether oxygens (including phenoxy) is 3. The SMILES string of the molecule is COC(=O)Cn1nc(-c2ccc(F)cc2F)c2ccccc21.COC(=O)Cn1nc(-c2cccc(C(F)(F)F)c2)c2ccccc21.COC(=O)Cn1nc(-c2cccc(F)c2)c2ccccc21.Cn1nnc(Cn2nc(-c3ccccc3)c3ccccc32)n1. The molecule has 0 aliphatic carbocycles. The Bertz CT molecular complexity index is 4670. The molecule has 5 heterocycles. The number of methoxy groups -OCH3 is 3. The van der Waals surface area contributed by atoms with Gasteiger partial charge in [-0.2, -0.15) is 38.4 Å². The molecule has 18 nitrogen and oxygen atoms in total. The number of esters is 3. The van der Waals surface area contributed by atoms with Gasteiger partial charge in [0.2, 0.25) is 0 Å². The van der Waals surface area contributed by atoms with Crippen molar-refractivity contribution in [2.24, 2.45) is 7.05 Å². The summed E-state index contributed by atoms with van der Waals surface area (Å²) in [5.74, 6) is -2.35. The standard InChI is InChI=1S/C17H13F3N2O2.C16H12F2N2O2.C16H13FN2O2.C16H14N6/c1-24-15(23)10-22-14-8-3-2-7-13(14)16(21-22)11-5-4-6-12(9-11)17(18,19)20;1-22-15(21)9-20-14-5-3-2-4-12(14)16(19-20)11-7-6-10(17)8-13(11)18;1-21-15(20)10-19-14-8-3-2-7-13(14)16(18-19)11-5-4-6-12(17)9-11;1-21-18-15(17-20-21)11-22-14-10-6-5-9-13(14)16(19-22)12-7-3-2-4-8-12/h2-9H,10H2,1H3;2-8H,9H2,1H3;2-9H,10H2,1H3;2-10H,11H2,1H3. The first-order valence-electron chi connectivity index (χ1n) is 27.2. The first kappa shape index (κ1) is 60.8. The molecule has 5 aromatic heterocycles. The molecule has 0 saturated heterocycles. The third-order valence-corrected chi connectivity index (χ3v) is 13.8. The maximum atomic E-state index is 14.0. The Morgan fingerprint density at radius 3 is 1.29 bits per heavy atom. The first-order valence-corrected chi connectivity index (χ1v) is 27.2. The molecule has 0 bridgehead atoms. The van der Waals surface area contributed by atoms with Crippen molar-refractivity contribution in [1.82, 2.24) is 59.3 Å². The van der Waals surface area contributed by atoms with Crippen molar-refractivity contribution in [3.05, 3.63) is 223 Å².